The summed E-state index contributed by atoms with van der Waals surface area (Å²) in [5.41, 5.74) is 0. The van der Waals surface area contributed by atoms with Gasteiger partial charge in [0.05, 0.1) is 43.5 Å². The van der Waals surface area contributed by atoms with Crippen LogP contribution in [0.3, 0.4) is 0 Å². The van der Waals surface area contributed by atoms with Crippen LogP contribution < -0.4 is 4.90 Å². The van der Waals surface area contributed by atoms with Crippen molar-refractivity contribution in [1.29, 1.82) is 0 Å². The van der Waals surface area contributed by atoms with Gasteiger partial charge in [-0.3, -0.25) is 0 Å². The summed E-state index contributed by atoms with van der Waals surface area (Å²) in [6.07, 6.45) is 9.62. The van der Waals surface area contributed by atoms with Gasteiger partial charge in [0.2, 0.25) is 0 Å². The van der Waals surface area contributed by atoms with Crippen molar-refractivity contribution in [3.63, 3.8) is 0 Å². The first-order valence-electron chi connectivity index (χ1n) is 11.1. The summed E-state index contributed by atoms with van der Waals surface area (Å²) in [6.45, 7) is 4.91. The second kappa shape index (κ2) is 10.0. The maximum Gasteiger partial charge on any atom is 0.0909 e. The first kappa shape index (κ1) is 21.5. The van der Waals surface area contributed by atoms with Crippen LogP contribution in [0.5, 0.6) is 0 Å². The zero-order valence-electron chi connectivity index (χ0n) is 18.1. The van der Waals surface area contributed by atoms with E-state index in [-0.39, 0.29) is 24.4 Å². The van der Waals surface area contributed by atoms with Crippen LogP contribution in [-0.4, -0.2) is 72.0 Å². The molecule has 3 fully saturated rings. The van der Waals surface area contributed by atoms with Gasteiger partial charge in [-0.2, -0.15) is 0 Å². The van der Waals surface area contributed by atoms with Crippen molar-refractivity contribution in [2.24, 2.45) is 17.8 Å². The molecular formula is C22H42NO4+. The van der Waals surface area contributed by atoms with Crippen LogP contribution in [-0.2, 0) is 18.9 Å². The van der Waals surface area contributed by atoms with Crippen molar-refractivity contribution in [1.82, 2.24) is 0 Å². The van der Waals surface area contributed by atoms with E-state index in [0.29, 0.717) is 0 Å². The molecular weight excluding hydrogens is 342 g/mol. The monoisotopic (exact) mass is 384 g/mol. The van der Waals surface area contributed by atoms with E-state index in [1.54, 1.807) is 0 Å². The van der Waals surface area contributed by atoms with E-state index in [9.17, 15) is 0 Å². The molecule has 1 heterocycles. The summed E-state index contributed by atoms with van der Waals surface area (Å²) in [7, 11) is 7.37. The van der Waals surface area contributed by atoms with E-state index in [1.165, 1.54) is 38.8 Å². The van der Waals surface area contributed by atoms with E-state index >= 15 is 0 Å². The average Bonchev–Trinajstić information content (AvgIpc) is 2.72. The van der Waals surface area contributed by atoms with Crippen LogP contribution in [0, 0.1) is 17.8 Å². The summed E-state index contributed by atoms with van der Waals surface area (Å²) in [6, 6.07) is 0.755. The van der Waals surface area contributed by atoms with Gasteiger partial charge in [-0.05, 0) is 57.3 Å². The van der Waals surface area contributed by atoms with Crippen molar-refractivity contribution in [2.75, 3.05) is 41.5 Å². The fourth-order valence-electron chi connectivity index (χ4n) is 6.47. The largest absolute Gasteiger partial charge is 0.379 e. The second-order valence-electron chi connectivity index (χ2n) is 9.06. The highest BCUT2D eigenvalue weighted by molar-refractivity contribution is 4.93. The number of ether oxygens (including phenoxy) is 4. The molecule has 3 aliphatic rings. The highest BCUT2D eigenvalue weighted by Gasteiger charge is 2.48. The molecule has 0 amide bonds. The zero-order chi connectivity index (χ0) is 19.4. The third kappa shape index (κ3) is 4.69. The fourth-order valence-corrected chi connectivity index (χ4v) is 6.47. The lowest BCUT2D eigenvalue weighted by Gasteiger charge is -2.49. The molecule has 0 aromatic heterocycles. The van der Waals surface area contributed by atoms with E-state index in [2.05, 4.69) is 6.92 Å². The summed E-state index contributed by atoms with van der Waals surface area (Å²) in [5.74, 6) is 2.33. The zero-order valence-corrected chi connectivity index (χ0v) is 18.1. The highest BCUT2D eigenvalue weighted by Crippen LogP contribution is 2.41. The van der Waals surface area contributed by atoms with Gasteiger partial charge < -0.3 is 23.8 Å². The number of piperidine rings is 1. The Labute approximate surface area is 166 Å². The van der Waals surface area contributed by atoms with Crippen molar-refractivity contribution >= 4 is 0 Å². The van der Waals surface area contributed by atoms with Gasteiger partial charge in [0, 0.05) is 40.8 Å². The molecule has 0 spiro atoms. The van der Waals surface area contributed by atoms with Gasteiger partial charge in [-0.1, -0.05) is 0 Å². The minimum Gasteiger partial charge on any atom is -0.379 e. The Bertz CT molecular complexity index is 448. The number of nitrogens with one attached hydrogen (secondary N) is 1. The standard InChI is InChI=1S/C22H41NO4/c1-6-23-10-9-16-13-21(26-4)22(27-5)14-17(16)18(23)11-15-7-8-19(24-2)20(12-15)25-3/h15-22H,6-14H2,1-5H3/p+1. The number of fused-ring (bicyclic) bond motifs is 1. The van der Waals surface area contributed by atoms with Gasteiger partial charge in [-0.15, -0.1) is 0 Å². The molecule has 3 rings (SSSR count). The Hall–Kier alpha value is -0.200. The molecule has 27 heavy (non-hydrogen) atoms. The average molecular weight is 385 g/mol. The fraction of sp³-hybridized carbons (Fsp3) is 1.00. The quantitative estimate of drug-likeness (QED) is 0.728. The predicted octanol–water partition coefficient (Wildman–Crippen LogP) is 1.94. The molecule has 5 heteroatoms. The molecule has 0 bridgehead atoms. The molecule has 1 saturated heterocycles. The van der Waals surface area contributed by atoms with Crippen molar-refractivity contribution in [3.8, 4) is 0 Å². The topological polar surface area (TPSA) is 41.4 Å². The van der Waals surface area contributed by atoms with Crippen LogP contribution in [0.15, 0.2) is 0 Å². The molecule has 1 aliphatic heterocycles. The first-order valence-corrected chi connectivity index (χ1v) is 11.1. The molecule has 2 saturated carbocycles. The Morgan fingerprint density at radius 3 is 2.00 bits per heavy atom. The molecule has 9 atom stereocenters. The van der Waals surface area contributed by atoms with Gasteiger partial charge >= 0.3 is 0 Å². The van der Waals surface area contributed by atoms with Crippen molar-refractivity contribution in [2.45, 2.75) is 82.3 Å². The molecule has 0 aromatic carbocycles. The Kier molecular flexibility index (Phi) is 7.98. The maximum absolute atomic E-state index is 5.84. The molecule has 1 N–H and O–H groups in total. The van der Waals surface area contributed by atoms with Gasteiger partial charge in [0.1, 0.15) is 0 Å². The Morgan fingerprint density at radius 2 is 1.37 bits per heavy atom. The van der Waals surface area contributed by atoms with Crippen LogP contribution in [0.1, 0.15) is 51.9 Å². The summed E-state index contributed by atoms with van der Waals surface area (Å²) in [5, 5.41) is 0. The van der Waals surface area contributed by atoms with Crippen LogP contribution in [0.2, 0.25) is 0 Å². The Balaban J connectivity index is 1.69. The van der Waals surface area contributed by atoms with E-state index < -0.39 is 0 Å². The number of methoxy groups -OCH3 is 4. The highest BCUT2D eigenvalue weighted by atomic mass is 16.5. The number of rotatable bonds is 7. The van der Waals surface area contributed by atoms with Crippen molar-refractivity contribution < 1.29 is 23.8 Å². The van der Waals surface area contributed by atoms with Gasteiger partial charge in [-0.25, -0.2) is 0 Å². The molecule has 9 unspecified atom stereocenters. The minimum atomic E-state index is 0.255. The van der Waals surface area contributed by atoms with Crippen LogP contribution in [0.25, 0.3) is 0 Å². The lowest BCUT2D eigenvalue weighted by atomic mass is 9.66. The molecule has 158 valence electrons. The van der Waals surface area contributed by atoms with Gasteiger partial charge in [0.15, 0.2) is 0 Å². The smallest absolute Gasteiger partial charge is 0.0909 e. The van der Waals surface area contributed by atoms with Crippen molar-refractivity contribution in [3.05, 3.63) is 0 Å². The summed E-state index contributed by atoms with van der Waals surface area (Å²) in [4.78, 5) is 1.81. The van der Waals surface area contributed by atoms with E-state index in [0.717, 1.165) is 43.1 Å². The number of quaternary nitrogens is 1. The lowest BCUT2D eigenvalue weighted by Crippen LogP contribution is -3.17. The van der Waals surface area contributed by atoms with E-state index in [4.69, 9.17) is 18.9 Å². The number of hydrogen-bond donors (Lipinski definition) is 1. The Morgan fingerprint density at radius 1 is 0.741 bits per heavy atom. The summed E-state index contributed by atoms with van der Waals surface area (Å²) >= 11 is 0. The molecule has 2 aliphatic carbocycles. The predicted molar refractivity (Wildman–Crippen MR) is 106 cm³/mol. The first-order chi connectivity index (χ1) is 13.1. The van der Waals surface area contributed by atoms with Crippen LogP contribution in [0.4, 0.5) is 0 Å². The third-order valence-corrected chi connectivity index (χ3v) is 8.03. The number of hydrogen-bond acceptors (Lipinski definition) is 4. The molecule has 0 radical (unpaired) electrons. The minimum absolute atomic E-state index is 0.255. The second-order valence-corrected chi connectivity index (χ2v) is 9.06. The molecule has 5 nitrogen and oxygen atoms in total. The van der Waals surface area contributed by atoms with Gasteiger partial charge in [0.25, 0.3) is 0 Å². The van der Waals surface area contributed by atoms with E-state index in [1.807, 2.05) is 33.3 Å². The lowest BCUT2D eigenvalue weighted by molar-refractivity contribution is -0.936. The SMILES string of the molecule is CC[NH+]1CCC2CC(OC)C(OC)CC2C1CC1CCC(OC)C(OC)C1. The third-order valence-electron chi connectivity index (χ3n) is 8.03. The van der Waals surface area contributed by atoms with Crippen LogP contribution >= 0.6 is 0 Å². The molecule has 0 aromatic rings. The number of likely N-dealkylation sites (tertiary alicyclic amines) is 1. The summed E-state index contributed by atoms with van der Waals surface area (Å²) < 4.78 is 23.0. The maximum atomic E-state index is 5.84. The normalized spacial score (nSPS) is 45.4.